The fourth-order valence-corrected chi connectivity index (χ4v) is 3.25. The Morgan fingerprint density at radius 1 is 1.04 bits per heavy atom. The molecule has 2 aromatic rings. The summed E-state index contributed by atoms with van der Waals surface area (Å²) in [5, 5.41) is 4.82. The predicted octanol–water partition coefficient (Wildman–Crippen LogP) is 5.94. The molecule has 3 heteroatoms. The molecule has 0 aromatic heterocycles. The summed E-state index contributed by atoms with van der Waals surface area (Å²) in [4.78, 5) is 5.38. The van der Waals surface area contributed by atoms with Crippen molar-refractivity contribution in [1.82, 2.24) is 0 Å². The van der Waals surface area contributed by atoms with Gasteiger partial charge in [-0.25, -0.2) is 0 Å². The third kappa shape index (κ3) is 4.84. The average molecular weight is 328 g/mol. The van der Waals surface area contributed by atoms with Gasteiger partial charge in [0.25, 0.3) is 0 Å². The van der Waals surface area contributed by atoms with Gasteiger partial charge in [-0.1, -0.05) is 66.4 Å². The summed E-state index contributed by atoms with van der Waals surface area (Å²) < 4.78 is 0. The lowest BCUT2D eigenvalue weighted by atomic mass is 9.84. The Kier molecular flexibility index (Phi) is 5.71. The van der Waals surface area contributed by atoms with Gasteiger partial charge in [-0.2, -0.15) is 0 Å². The Morgan fingerprint density at radius 2 is 1.83 bits per heavy atom. The maximum absolute atomic E-state index is 5.86. The Hall–Kier alpha value is -1.80. The molecule has 1 saturated carbocycles. The molecular weight excluding hydrogens is 306 g/mol. The van der Waals surface area contributed by atoms with E-state index < -0.39 is 0 Å². The summed E-state index contributed by atoms with van der Waals surface area (Å²) in [5.41, 5.74) is 3.60. The van der Waals surface area contributed by atoms with E-state index in [0.717, 1.165) is 16.1 Å². The van der Waals surface area contributed by atoms with Gasteiger partial charge in [0, 0.05) is 5.02 Å². The second kappa shape index (κ2) is 8.16. The Labute approximate surface area is 143 Å². The topological polar surface area (TPSA) is 21.6 Å². The number of halogens is 1. The van der Waals surface area contributed by atoms with Crippen LogP contribution in [0.2, 0.25) is 5.02 Å². The van der Waals surface area contributed by atoms with Crippen LogP contribution in [0.3, 0.4) is 0 Å². The molecule has 0 amide bonds. The Balaban J connectivity index is 1.55. The third-order valence-electron chi connectivity index (χ3n) is 4.41. The minimum Gasteiger partial charge on any atom is -0.391 e. The second-order valence-electron chi connectivity index (χ2n) is 6.14. The number of benzene rings is 2. The van der Waals surface area contributed by atoms with Crippen molar-refractivity contribution in [3.8, 4) is 0 Å². The predicted molar refractivity (Wildman–Crippen MR) is 96.1 cm³/mol. The summed E-state index contributed by atoms with van der Waals surface area (Å²) >= 11 is 5.86. The Bertz CT molecular complexity index is 645. The fraction of sp³-hybridized carbons (Fsp3) is 0.350. The van der Waals surface area contributed by atoms with Crippen molar-refractivity contribution in [2.75, 3.05) is 0 Å². The van der Waals surface area contributed by atoms with Crippen molar-refractivity contribution in [3.63, 3.8) is 0 Å². The van der Waals surface area contributed by atoms with Crippen molar-refractivity contribution in [3.05, 3.63) is 70.2 Å². The first-order chi connectivity index (χ1) is 11.3. The van der Waals surface area contributed by atoms with Crippen LogP contribution < -0.4 is 0 Å². The van der Waals surface area contributed by atoms with E-state index in [9.17, 15) is 0 Å². The lowest BCUT2D eigenvalue weighted by Gasteiger charge is -2.22. The first-order valence-corrected chi connectivity index (χ1v) is 8.69. The number of nitrogens with zero attached hydrogens (tertiary/aromatic N) is 1. The molecule has 120 valence electrons. The van der Waals surface area contributed by atoms with E-state index in [1.807, 2.05) is 24.3 Å². The summed E-state index contributed by atoms with van der Waals surface area (Å²) in [6, 6.07) is 16.3. The van der Waals surface area contributed by atoms with E-state index in [1.165, 1.54) is 37.7 Å². The van der Waals surface area contributed by atoms with Gasteiger partial charge < -0.3 is 4.84 Å². The van der Waals surface area contributed by atoms with E-state index in [-0.39, 0.29) is 0 Å². The van der Waals surface area contributed by atoms with Crippen molar-refractivity contribution < 1.29 is 4.84 Å². The molecule has 3 rings (SSSR count). The van der Waals surface area contributed by atoms with Crippen LogP contribution in [0.15, 0.2) is 53.7 Å². The lowest BCUT2D eigenvalue weighted by molar-refractivity contribution is 0.132. The largest absolute Gasteiger partial charge is 0.391 e. The van der Waals surface area contributed by atoms with E-state index in [1.54, 1.807) is 6.21 Å². The molecule has 0 spiro atoms. The van der Waals surface area contributed by atoms with Gasteiger partial charge in [-0.05, 0) is 53.6 Å². The molecule has 0 aliphatic heterocycles. The van der Waals surface area contributed by atoms with E-state index in [4.69, 9.17) is 16.4 Å². The molecule has 1 aliphatic carbocycles. The second-order valence-corrected chi connectivity index (χ2v) is 6.58. The van der Waals surface area contributed by atoms with Crippen LogP contribution in [-0.4, -0.2) is 6.21 Å². The van der Waals surface area contributed by atoms with Crippen molar-refractivity contribution in [1.29, 1.82) is 0 Å². The van der Waals surface area contributed by atoms with Gasteiger partial charge in [0.15, 0.2) is 0 Å². The molecular formula is C20H22ClNO. The maximum Gasteiger partial charge on any atom is 0.142 e. The molecule has 0 bridgehead atoms. The van der Waals surface area contributed by atoms with Crippen LogP contribution in [0.1, 0.15) is 54.7 Å². The number of hydrogen-bond acceptors (Lipinski definition) is 2. The monoisotopic (exact) mass is 327 g/mol. The average Bonchev–Trinajstić information content (AvgIpc) is 2.61. The van der Waals surface area contributed by atoms with Gasteiger partial charge in [-0.3, -0.25) is 0 Å². The van der Waals surface area contributed by atoms with Crippen LogP contribution in [0.5, 0.6) is 0 Å². The highest BCUT2D eigenvalue weighted by Gasteiger charge is 2.15. The van der Waals surface area contributed by atoms with Crippen molar-refractivity contribution in [2.24, 2.45) is 5.16 Å². The molecule has 23 heavy (non-hydrogen) atoms. The molecule has 2 aromatic carbocycles. The molecule has 1 fully saturated rings. The van der Waals surface area contributed by atoms with Crippen molar-refractivity contribution in [2.45, 2.75) is 44.6 Å². The van der Waals surface area contributed by atoms with E-state index >= 15 is 0 Å². The number of oxime groups is 1. The quantitative estimate of drug-likeness (QED) is 0.492. The molecule has 2 nitrogen and oxygen atoms in total. The molecule has 0 saturated heterocycles. The first-order valence-electron chi connectivity index (χ1n) is 8.31. The summed E-state index contributed by atoms with van der Waals surface area (Å²) in [7, 11) is 0. The van der Waals surface area contributed by atoms with Gasteiger partial charge >= 0.3 is 0 Å². The normalized spacial score (nSPS) is 15.9. The molecule has 0 N–H and O–H groups in total. The van der Waals surface area contributed by atoms with Crippen LogP contribution in [0, 0.1) is 0 Å². The zero-order chi connectivity index (χ0) is 15.9. The molecule has 0 unspecified atom stereocenters. The van der Waals surface area contributed by atoms with Crippen LogP contribution >= 0.6 is 11.6 Å². The van der Waals surface area contributed by atoms with Crippen molar-refractivity contribution >= 4 is 17.8 Å². The highest BCUT2D eigenvalue weighted by atomic mass is 35.5. The smallest absolute Gasteiger partial charge is 0.142 e. The van der Waals surface area contributed by atoms with E-state index in [0.29, 0.717) is 12.5 Å². The van der Waals surface area contributed by atoms with E-state index in [2.05, 4.69) is 29.4 Å². The number of hydrogen-bond donors (Lipinski definition) is 0. The van der Waals surface area contributed by atoms with Gasteiger partial charge in [0.2, 0.25) is 0 Å². The summed E-state index contributed by atoms with van der Waals surface area (Å²) in [5.74, 6) is 0.715. The van der Waals surface area contributed by atoms with Crippen LogP contribution in [-0.2, 0) is 11.4 Å². The fourth-order valence-electron chi connectivity index (χ4n) is 3.12. The number of rotatable bonds is 5. The highest BCUT2D eigenvalue weighted by Crippen LogP contribution is 2.32. The minimum absolute atomic E-state index is 0.454. The molecule has 0 atom stereocenters. The highest BCUT2D eigenvalue weighted by molar-refractivity contribution is 6.30. The van der Waals surface area contributed by atoms with Gasteiger partial charge in [-0.15, -0.1) is 0 Å². The van der Waals surface area contributed by atoms with Gasteiger partial charge in [0.1, 0.15) is 6.61 Å². The Morgan fingerprint density at radius 3 is 2.61 bits per heavy atom. The summed E-state index contributed by atoms with van der Waals surface area (Å²) in [6.45, 7) is 0.454. The maximum atomic E-state index is 5.86. The minimum atomic E-state index is 0.454. The molecule has 0 radical (unpaired) electrons. The summed E-state index contributed by atoms with van der Waals surface area (Å²) in [6.07, 6.45) is 8.51. The van der Waals surface area contributed by atoms with Crippen LogP contribution in [0.4, 0.5) is 0 Å². The van der Waals surface area contributed by atoms with Crippen LogP contribution in [0.25, 0.3) is 0 Å². The third-order valence-corrected chi connectivity index (χ3v) is 4.66. The zero-order valence-corrected chi connectivity index (χ0v) is 14.0. The standard InChI is InChI=1S/C20H22ClNO/c21-20-11-9-16(10-12-20)15-23-22-14-17-5-4-8-19(13-17)18-6-2-1-3-7-18/h4-5,8-14,18H,1-3,6-7,15H2. The zero-order valence-electron chi connectivity index (χ0n) is 13.2. The molecule has 0 heterocycles. The van der Waals surface area contributed by atoms with Gasteiger partial charge in [0.05, 0.1) is 6.21 Å². The SMILES string of the molecule is Clc1ccc(CON=Cc2cccc(C3CCCCC3)c2)cc1. The first kappa shape index (κ1) is 16.1. The molecule has 1 aliphatic rings. The lowest BCUT2D eigenvalue weighted by Crippen LogP contribution is -2.04.